The van der Waals surface area contributed by atoms with Gasteiger partial charge in [0.2, 0.25) is 5.69 Å². The van der Waals surface area contributed by atoms with E-state index in [9.17, 15) is 0 Å². The highest BCUT2D eigenvalue weighted by Gasteiger charge is 2.17. The van der Waals surface area contributed by atoms with Crippen molar-refractivity contribution in [1.82, 2.24) is 0 Å². The predicted molar refractivity (Wildman–Crippen MR) is 60.2 cm³/mol. The summed E-state index contributed by atoms with van der Waals surface area (Å²) in [5, 5.41) is 3.50. The Morgan fingerprint density at radius 1 is 1.36 bits per heavy atom. The first-order valence-electron chi connectivity index (χ1n) is 5.12. The molecule has 0 amide bonds. The van der Waals surface area contributed by atoms with E-state index in [0.717, 1.165) is 6.42 Å². The lowest BCUT2D eigenvalue weighted by Gasteiger charge is -2.10. The molecule has 0 spiro atoms. The first-order chi connectivity index (χ1) is 6.65. The van der Waals surface area contributed by atoms with Crippen molar-refractivity contribution in [3.63, 3.8) is 0 Å². The summed E-state index contributed by atoms with van der Waals surface area (Å²) in [7, 11) is 0. The van der Waals surface area contributed by atoms with Crippen molar-refractivity contribution in [2.45, 2.75) is 33.2 Å². The third-order valence-corrected chi connectivity index (χ3v) is 2.54. The molecule has 0 fully saturated rings. The summed E-state index contributed by atoms with van der Waals surface area (Å²) in [6.07, 6.45) is 1.08. The van der Waals surface area contributed by atoms with E-state index >= 15 is 0 Å². The molecule has 74 valence electrons. The highest BCUT2D eigenvalue weighted by atomic mass is 15.0. The van der Waals surface area contributed by atoms with Gasteiger partial charge in [-0.15, -0.1) is 0 Å². The maximum absolute atomic E-state index is 3.50. The number of rotatable bonds is 0. The van der Waals surface area contributed by atoms with Crippen LogP contribution in [0.2, 0.25) is 0 Å². The van der Waals surface area contributed by atoms with Gasteiger partial charge < -0.3 is 5.32 Å². The van der Waals surface area contributed by atoms with Gasteiger partial charge in [0.15, 0.2) is 5.71 Å². The molecular formula is C12H17N2+. The van der Waals surface area contributed by atoms with Crippen LogP contribution in [0, 0.1) is 6.92 Å². The van der Waals surface area contributed by atoms with Crippen LogP contribution in [0.1, 0.15) is 25.8 Å². The monoisotopic (exact) mass is 189 g/mol. The average molecular weight is 189 g/mol. The molecule has 1 aliphatic heterocycles. The lowest BCUT2D eigenvalue weighted by atomic mass is 10.1. The molecule has 2 nitrogen and oxygen atoms in total. The highest BCUT2D eigenvalue weighted by Crippen LogP contribution is 2.20. The standard InChI is InChI=1S/C12H16N2/c1-8-4-5-11-12(6-8)14-10(3)7-9(2)13-11/h4-6,9,13H,7H2,1-3H3/p+1. The van der Waals surface area contributed by atoms with E-state index in [2.05, 4.69) is 49.3 Å². The Kier molecular flexibility index (Phi) is 2.28. The van der Waals surface area contributed by atoms with Crippen LogP contribution in [0.15, 0.2) is 18.2 Å². The van der Waals surface area contributed by atoms with E-state index in [1.54, 1.807) is 0 Å². The van der Waals surface area contributed by atoms with Gasteiger partial charge in [-0.25, -0.2) is 4.99 Å². The van der Waals surface area contributed by atoms with E-state index in [1.807, 2.05) is 0 Å². The van der Waals surface area contributed by atoms with Crippen molar-refractivity contribution < 1.29 is 4.99 Å². The van der Waals surface area contributed by atoms with Crippen molar-refractivity contribution in [1.29, 1.82) is 0 Å². The van der Waals surface area contributed by atoms with Gasteiger partial charge in [0.05, 0.1) is 0 Å². The summed E-state index contributed by atoms with van der Waals surface area (Å²) >= 11 is 0. The van der Waals surface area contributed by atoms with Gasteiger partial charge in [0.1, 0.15) is 5.69 Å². The highest BCUT2D eigenvalue weighted by molar-refractivity contribution is 5.80. The summed E-state index contributed by atoms with van der Waals surface area (Å²) in [5.74, 6) is 0. The number of hydrogen-bond donors (Lipinski definition) is 2. The summed E-state index contributed by atoms with van der Waals surface area (Å²) < 4.78 is 0. The fraction of sp³-hybridized carbons (Fsp3) is 0.417. The Morgan fingerprint density at radius 3 is 2.93 bits per heavy atom. The molecule has 0 saturated heterocycles. The molecule has 1 aromatic carbocycles. The van der Waals surface area contributed by atoms with Gasteiger partial charge in [0.25, 0.3) is 0 Å². The van der Waals surface area contributed by atoms with Crippen LogP contribution in [0.25, 0.3) is 0 Å². The van der Waals surface area contributed by atoms with E-state index in [-0.39, 0.29) is 0 Å². The first-order valence-corrected chi connectivity index (χ1v) is 5.12. The quantitative estimate of drug-likeness (QED) is 0.633. The zero-order chi connectivity index (χ0) is 10.1. The fourth-order valence-electron chi connectivity index (χ4n) is 1.94. The molecule has 1 aromatic rings. The third-order valence-electron chi connectivity index (χ3n) is 2.54. The topological polar surface area (TPSA) is 26.0 Å². The molecule has 2 rings (SSSR count). The number of fused-ring (bicyclic) bond motifs is 1. The van der Waals surface area contributed by atoms with Crippen molar-refractivity contribution in [2.24, 2.45) is 0 Å². The van der Waals surface area contributed by atoms with Crippen LogP contribution < -0.4 is 10.3 Å². The van der Waals surface area contributed by atoms with Gasteiger partial charge >= 0.3 is 0 Å². The van der Waals surface area contributed by atoms with Crippen LogP contribution in [-0.4, -0.2) is 11.8 Å². The molecule has 1 unspecified atom stereocenters. The van der Waals surface area contributed by atoms with Crippen molar-refractivity contribution >= 4 is 17.1 Å². The molecule has 1 atom stereocenters. The number of nitrogens with one attached hydrogen (secondary N) is 2. The van der Waals surface area contributed by atoms with Gasteiger partial charge in [0, 0.05) is 25.5 Å². The van der Waals surface area contributed by atoms with E-state index in [4.69, 9.17) is 0 Å². The normalized spacial score (nSPS) is 20.5. The Bertz CT molecular complexity index is 380. The molecule has 0 aliphatic carbocycles. The van der Waals surface area contributed by atoms with E-state index < -0.39 is 0 Å². The minimum absolute atomic E-state index is 0.506. The molecule has 0 radical (unpaired) electrons. The molecular weight excluding hydrogens is 172 g/mol. The van der Waals surface area contributed by atoms with Crippen LogP contribution in [-0.2, 0) is 0 Å². The lowest BCUT2D eigenvalue weighted by Crippen LogP contribution is -2.65. The molecule has 0 aromatic heterocycles. The predicted octanol–water partition coefficient (Wildman–Crippen LogP) is 1.37. The second-order valence-corrected chi connectivity index (χ2v) is 4.20. The fourth-order valence-corrected chi connectivity index (χ4v) is 1.94. The molecule has 1 aliphatic rings. The molecule has 14 heavy (non-hydrogen) atoms. The minimum Gasteiger partial charge on any atom is -0.377 e. The van der Waals surface area contributed by atoms with Gasteiger partial charge in [-0.05, 0) is 25.5 Å². The Labute approximate surface area is 85.1 Å². The zero-order valence-corrected chi connectivity index (χ0v) is 9.02. The molecule has 0 saturated carbocycles. The van der Waals surface area contributed by atoms with E-state index in [1.165, 1.54) is 22.6 Å². The number of aryl methyl sites for hydroxylation is 1. The summed E-state index contributed by atoms with van der Waals surface area (Å²) in [6, 6.07) is 6.98. The smallest absolute Gasteiger partial charge is 0.227 e. The number of hydrogen-bond acceptors (Lipinski definition) is 1. The van der Waals surface area contributed by atoms with Gasteiger partial charge in [-0.1, -0.05) is 6.07 Å². The second kappa shape index (κ2) is 3.45. The minimum atomic E-state index is 0.506. The largest absolute Gasteiger partial charge is 0.377 e. The first kappa shape index (κ1) is 9.25. The molecule has 1 heterocycles. The van der Waals surface area contributed by atoms with Crippen molar-refractivity contribution in [3.8, 4) is 0 Å². The van der Waals surface area contributed by atoms with Crippen molar-refractivity contribution in [3.05, 3.63) is 23.8 Å². The lowest BCUT2D eigenvalue weighted by molar-refractivity contribution is -0.354. The average Bonchev–Trinajstić information content (AvgIpc) is 2.21. The SMILES string of the molecule is CC1=[NH+]c2cc(C)ccc2NC(C)C1. The van der Waals surface area contributed by atoms with Crippen LogP contribution in [0.5, 0.6) is 0 Å². The molecule has 2 heteroatoms. The van der Waals surface area contributed by atoms with Crippen molar-refractivity contribution in [2.75, 3.05) is 5.32 Å². The Balaban J connectivity index is 2.48. The Morgan fingerprint density at radius 2 is 2.14 bits per heavy atom. The maximum Gasteiger partial charge on any atom is 0.227 e. The van der Waals surface area contributed by atoms with Crippen LogP contribution in [0.3, 0.4) is 0 Å². The molecule has 0 bridgehead atoms. The number of benzene rings is 1. The Hall–Kier alpha value is -1.31. The van der Waals surface area contributed by atoms with E-state index in [0.29, 0.717) is 6.04 Å². The summed E-state index contributed by atoms with van der Waals surface area (Å²) in [6.45, 7) is 6.47. The maximum atomic E-state index is 3.50. The summed E-state index contributed by atoms with van der Waals surface area (Å²) in [4.78, 5) is 3.45. The van der Waals surface area contributed by atoms with Crippen LogP contribution in [0.4, 0.5) is 11.4 Å². The van der Waals surface area contributed by atoms with Gasteiger partial charge in [-0.3, -0.25) is 0 Å². The number of anilines is 1. The van der Waals surface area contributed by atoms with Gasteiger partial charge in [-0.2, -0.15) is 0 Å². The second-order valence-electron chi connectivity index (χ2n) is 4.20. The molecule has 2 N–H and O–H groups in total. The van der Waals surface area contributed by atoms with Crippen LogP contribution >= 0.6 is 0 Å². The summed E-state index contributed by atoms with van der Waals surface area (Å²) in [5.41, 5.74) is 5.03. The zero-order valence-electron chi connectivity index (χ0n) is 9.02. The third kappa shape index (κ3) is 1.79.